The van der Waals surface area contributed by atoms with Crippen LogP contribution in [0.3, 0.4) is 0 Å². The van der Waals surface area contributed by atoms with Crippen molar-refractivity contribution in [3.8, 4) is 5.75 Å². The molecule has 0 fully saturated rings. The number of aliphatic hydroxyl groups is 1. The van der Waals surface area contributed by atoms with E-state index < -0.39 is 5.91 Å². The van der Waals surface area contributed by atoms with Gasteiger partial charge in [-0.3, -0.25) is 19.9 Å². The van der Waals surface area contributed by atoms with Crippen LogP contribution in [0, 0.1) is 0 Å². The van der Waals surface area contributed by atoms with Gasteiger partial charge in [0.15, 0.2) is 35.0 Å². The molecule has 196 valence electrons. The zero-order valence-corrected chi connectivity index (χ0v) is 20.8. The van der Waals surface area contributed by atoms with Gasteiger partial charge in [-0.1, -0.05) is 23.7 Å². The first-order valence-electron chi connectivity index (χ1n) is 11.6. The van der Waals surface area contributed by atoms with E-state index >= 15 is 0 Å². The summed E-state index contributed by atoms with van der Waals surface area (Å²) in [5.74, 6) is -0.528. The van der Waals surface area contributed by atoms with Crippen LogP contribution in [0.25, 0.3) is 0 Å². The smallest absolute Gasteiger partial charge is 0.280 e. The summed E-state index contributed by atoms with van der Waals surface area (Å²) in [7, 11) is 0. The molecule has 13 heteroatoms. The number of halogens is 1. The molecule has 0 bridgehead atoms. The molecular weight excluding hydrogens is 488 g/mol. The van der Waals surface area contributed by atoms with Gasteiger partial charge in [-0.25, -0.2) is 9.97 Å². The number of aliphatic hydroxyl groups excluding tert-OH is 1. The molecule has 2 rings (SSSR count). The Balaban J connectivity index is 1.65. The van der Waals surface area contributed by atoms with Gasteiger partial charge in [0, 0.05) is 19.7 Å². The Kier molecular flexibility index (Phi) is 12.2. The average molecular weight is 521 g/mol. The van der Waals surface area contributed by atoms with Crippen LogP contribution >= 0.6 is 11.6 Å². The molecule has 0 spiro atoms. The minimum atomic E-state index is -0.680. The summed E-state index contributed by atoms with van der Waals surface area (Å²) in [5.41, 5.74) is 17.8. The number of hydrogen-bond acceptors (Lipinski definition) is 9. The molecule has 0 saturated carbocycles. The maximum Gasteiger partial charge on any atom is 0.280 e. The number of aromatic nitrogens is 2. The highest BCUT2D eigenvalue weighted by Gasteiger charge is 2.16. The molecule has 2 amide bonds. The Labute approximate surface area is 214 Å². The van der Waals surface area contributed by atoms with E-state index in [0.29, 0.717) is 18.8 Å². The number of hydrogen-bond donors (Lipinski definition) is 6. The van der Waals surface area contributed by atoms with Crippen molar-refractivity contribution in [2.75, 3.05) is 37.8 Å². The lowest BCUT2D eigenvalue weighted by atomic mass is 10.1. The molecule has 0 aliphatic heterocycles. The fourth-order valence-electron chi connectivity index (χ4n) is 3.06. The number of nitrogens with one attached hydrogen (secondary N) is 2. The predicted octanol–water partition coefficient (Wildman–Crippen LogP) is 1.02. The summed E-state index contributed by atoms with van der Waals surface area (Å²) in [6.45, 7) is 1.13. The van der Waals surface area contributed by atoms with Crippen molar-refractivity contribution in [2.24, 2.45) is 10.7 Å². The van der Waals surface area contributed by atoms with E-state index in [4.69, 9.17) is 38.6 Å². The van der Waals surface area contributed by atoms with E-state index in [1.165, 1.54) is 0 Å². The zero-order chi connectivity index (χ0) is 26.3. The molecule has 0 saturated heterocycles. The largest absolute Gasteiger partial charge is 0.484 e. The van der Waals surface area contributed by atoms with E-state index in [1.807, 2.05) is 24.3 Å². The zero-order valence-electron chi connectivity index (χ0n) is 20.0. The minimum absolute atomic E-state index is 0.0418. The van der Waals surface area contributed by atoms with E-state index in [9.17, 15) is 9.59 Å². The molecule has 1 aromatic carbocycles. The van der Waals surface area contributed by atoms with E-state index in [0.717, 1.165) is 44.1 Å². The van der Waals surface area contributed by atoms with Crippen LogP contribution in [-0.2, 0) is 11.2 Å². The fourth-order valence-corrected chi connectivity index (χ4v) is 3.18. The minimum Gasteiger partial charge on any atom is -0.484 e. The summed E-state index contributed by atoms with van der Waals surface area (Å²) >= 11 is 5.78. The number of carbonyl (C=O) groups excluding carboxylic acids is 2. The summed E-state index contributed by atoms with van der Waals surface area (Å²) < 4.78 is 5.51. The third-order valence-electron chi connectivity index (χ3n) is 4.97. The Morgan fingerprint density at radius 1 is 1.03 bits per heavy atom. The van der Waals surface area contributed by atoms with Gasteiger partial charge in [-0.05, 0) is 56.2 Å². The molecule has 0 atom stereocenters. The molecular formula is C23H33ClN8O4. The van der Waals surface area contributed by atoms with Gasteiger partial charge >= 0.3 is 0 Å². The highest BCUT2D eigenvalue weighted by molar-refractivity contribution is 6.31. The van der Waals surface area contributed by atoms with Crippen molar-refractivity contribution in [1.82, 2.24) is 20.6 Å². The lowest BCUT2D eigenvalue weighted by molar-refractivity contribution is -0.123. The van der Waals surface area contributed by atoms with Gasteiger partial charge in [0.05, 0.1) is 0 Å². The molecule has 0 unspecified atom stereocenters. The second-order valence-electron chi connectivity index (χ2n) is 7.88. The van der Waals surface area contributed by atoms with Crippen molar-refractivity contribution in [1.29, 1.82) is 0 Å². The van der Waals surface area contributed by atoms with Crippen molar-refractivity contribution >= 4 is 41.0 Å². The average Bonchev–Trinajstić information content (AvgIpc) is 2.85. The van der Waals surface area contributed by atoms with Crippen LogP contribution in [0.2, 0.25) is 5.15 Å². The van der Waals surface area contributed by atoms with Crippen molar-refractivity contribution in [3.63, 3.8) is 0 Å². The third-order valence-corrected chi connectivity index (χ3v) is 5.25. The number of guanidine groups is 1. The summed E-state index contributed by atoms with van der Waals surface area (Å²) in [5, 5.41) is 13.8. The molecule has 1 aromatic heterocycles. The maximum absolute atomic E-state index is 12.2. The van der Waals surface area contributed by atoms with E-state index in [2.05, 4.69) is 25.6 Å². The predicted molar refractivity (Wildman–Crippen MR) is 139 cm³/mol. The second kappa shape index (κ2) is 15.4. The number of carbonyl (C=O) groups is 2. The maximum atomic E-state index is 12.2. The van der Waals surface area contributed by atoms with Crippen LogP contribution in [-0.4, -0.2) is 59.2 Å². The standard InChI is InChI=1S/C23H33ClN8O4/c24-19-21(26)31-20(25)18(30-19)22(35)32-23(27)29-12-4-2-6-15-7-9-16(10-8-15)36-14-17(34)28-11-3-1-5-13-33/h7-10,33H,1-6,11-14H2,(H,28,34)(H4,25,26,31)(H3,27,29,32,35). The Bertz CT molecular complexity index is 1030. The summed E-state index contributed by atoms with van der Waals surface area (Å²) in [4.78, 5) is 35.7. The highest BCUT2D eigenvalue weighted by atomic mass is 35.5. The number of aliphatic imine (C=N–C) groups is 1. The van der Waals surface area contributed by atoms with Gasteiger partial charge in [0.25, 0.3) is 11.8 Å². The Morgan fingerprint density at radius 3 is 2.50 bits per heavy atom. The van der Waals surface area contributed by atoms with Crippen molar-refractivity contribution in [2.45, 2.75) is 38.5 Å². The normalized spacial score (nSPS) is 11.2. The van der Waals surface area contributed by atoms with Gasteiger partial charge in [-0.2, -0.15) is 0 Å². The van der Waals surface area contributed by atoms with Crippen molar-refractivity contribution in [3.05, 3.63) is 40.7 Å². The molecule has 0 aliphatic rings. The number of rotatable bonds is 14. The van der Waals surface area contributed by atoms with E-state index in [-0.39, 0.29) is 47.6 Å². The summed E-state index contributed by atoms with van der Waals surface area (Å²) in [6.07, 6.45) is 4.88. The fraction of sp³-hybridized carbons (Fsp3) is 0.435. The quantitative estimate of drug-likeness (QED) is 0.119. The number of nitrogens with two attached hydrogens (primary N) is 3. The van der Waals surface area contributed by atoms with Crippen LogP contribution < -0.4 is 32.6 Å². The van der Waals surface area contributed by atoms with Crippen LogP contribution in [0.15, 0.2) is 29.3 Å². The molecule has 0 radical (unpaired) electrons. The molecule has 9 N–H and O–H groups in total. The highest BCUT2D eigenvalue weighted by Crippen LogP contribution is 2.17. The van der Waals surface area contributed by atoms with Gasteiger partial charge in [0.1, 0.15) is 5.75 Å². The second-order valence-corrected chi connectivity index (χ2v) is 8.24. The van der Waals surface area contributed by atoms with Crippen LogP contribution in [0.1, 0.15) is 48.2 Å². The number of amides is 2. The first-order valence-corrected chi connectivity index (χ1v) is 12.0. The molecule has 0 aliphatic carbocycles. The number of nitrogens with zero attached hydrogens (tertiary/aromatic N) is 3. The number of aryl methyl sites for hydroxylation is 1. The topological polar surface area (TPSA) is 204 Å². The Hall–Kier alpha value is -3.64. The Morgan fingerprint density at radius 2 is 1.78 bits per heavy atom. The molecule has 12 nitrogen and oxygen atoms in total. The molecule has 36 heavy (non-hydrogen) atoms. The first-order chi connectivity index (χ1) is 17.3. The molecule has 2 aromatic rings. The van der Waals surface area contributed by atoms with Crippen LogP contribution in [0.4, 0.5) is 11.6 Å². The first kappa shape index (κ1) is 28.6. The van der Waals surface area contributed by atoms with Crippen LogP contribution in [0.5, 0.6) is 5.75 Å². The molecule has 1 heterocycles. The summed E-state index contributed by atoms with van der Waals surface area (Å²) in [6, 6.07) is 7.55. The lowest BCUT2D eigenvalue weighted by Gasteiger charge is -2.08. The number of unbranched alkanes of at least 4 members (excludes halogenated alkanes) is 3. The third kappa shape index (κ3) is 10.3. The SMILES string of the molecule is NC(=NCCCCc1ccc(OCC(=O)NCCCCCO)cc1)NC(=O)c1nc(Cl)c(N)nc1N. The number of ether oxygens (including phenoxy) is 1. The van der Waals surface area contributed by atoms with Crippen molar-refractivity contribution < 1.29 is 19.4 Å². The monoisotopic (exact) mass is 520 g/mol. The van der Waals surface area contributed by atoms with Gasteiger partial charge < -0.3 is 32.4 Å². The lowest BCUT2D eigenvalue weighted by Crippen LogP contribution is -2.38. The number of nitrogen functional groups attached to an aromatic ring is 2. The van der Waals surface area contributed by atoms with Gasteiger partial charge in [0.2, 0.25) is 0 Å². The number of anilines is 2. The van der Waals surface area contributed by atoms with Gasteiger partial charge in [-0.15, -0.1) is 0 Å². The number of benzene rings is 1. The van der Waals surface area contributed by atoms with E-state index in [1.54, 1.807) is 0 Å².